The summed E-state index contributed by atoms with van der Waals surface area (Å²) >= 11 is 8.14. The van der Waals surface area contributed by atoms with Gasteiger partial charge in [-0.05, 0) is 71.5 Å². The second-order valence-electron chi connectivity index (χ2n) is 4.63. The topological polar surface area (TPSA) is 32.3 Å². The fourth-order valence-corrected chi connectivity index (χ4v) is 2.36. The fraction of sp³-hybridized carbons (Fsp3) is 0.200. The van der Waals surface area contributed by atoms with E-state index >= 15 is 0 Å². The van der Waals surface area contributed by atoms with Crippen LogP contribution in [-0.2, 0) is 5.54 Å². The first-order valence-corrected chi connectivity index (χ1v) is 7.40. The lowest BCUT2D eigenvalue weighted by Gasteiger charge is -2.30. The molecular weight excluding hydrogens is 373 g/mol. The van der Waals surface area contributed by atoms with Crippen molar-refractivity contribution in [3.8, 4) is 0 Å². The van der Waals surface area contributed by atoms with Gasteiger partial charge in [0.2, 0.25) is 0 Å². The van der Waals surface area contributed by atoms with Crippen LogP contribution in [0, 0.1) is 3.57 Å². The molecule has 1 atom stereocenters. The minimum absolute atomic E-state index is 0.0101. The Morgan fingerprint density at radius 2 is 1.68 bits per heavy atom. The molecule has 0 bridgehead atoms. The zero-order valence-corrected chi connectivity index (χ0v) is 13.4. The van der Waals surface area contributed by atoms with Gasteiger partial charge in [-0.1, -0.05) is 23.7 Å². The predicted molar refractivity (Wildman–Crippen MR) is 88.7 cm³/mol. The Morgan fingerprint density at radius 1 is 1.11 bits per heavy atom. The van der Waals surface area contributed by atoms with Crippen LogP contribution in [0.25, 0.3) is 0 Å². The van der Waals surface area contributed by atoms with Gasteiger partial charge in [0.1, 0.15) is 0 Å². The van der Waals surface area contributed by atoms with Crippen molar-refractivity contribution >= 4 is 39.9 Å². The number of anilines is 1. The summed E-state index contributed by atoms with van der Waals surface area (Å²) in [7, 11) is 0. The highest BCUT2D eigenvalue weighted by Gasteiger charge is 2.25. The van der Waals surface area contributed by atoms with Gasteiger partial charge in [-0.25, -0.2) is 0 Å². The molecule has 4 heteroatoms. The molecule has 0 radical (unpaired) electrons. The normalized spacial score (nSPS) is 13.9. The summed E-state index contributed by atoms with van der Waals surface area (Å²) in [6, 6.07) is 15.6. The first kappa shape index (κ1) is 14.6. The standard InChI is InChI=1S/C15H15ClINO/c1-15(10-19,11-2-6-13(17)7-3-11)18-14-8-4-12(16)5-9-14/h2-9,18-19H,10H2,1H3. The summed E-state index contributed by atoms with van der Waals surface area (Å²) in [5, 5.41) is 13.8. The number of aliphatic hydroxyl groups excluding tert-OH is 1. The SMILES string of the molecule is CC(CO)(Nc1ccc(Cl)cc1)c1ccc(I)cc1. The average Bonchev–Trinajstić information content (AvgIpc) is 2.42. The summed E-state index contributed by atoms with van der Waals surface area (Å²) < 4.78 is 1.17. The highest BCUT2D eigenvalue weighted by Crippen LogP contribution is 2.27. The van der Waals surface area contributed by atoms with Crippen molar-refractivity contribution in [2.75, 3.05) is 11.9 Å². The summed E-state index contributed by atoms with van der Waals surface area (Å²) in [5.74, 6) is 0. The van der Waals surface area contributed by atoms with Gasteiger partial charge in [0.25, 0.3) is 0 Å². The molecule has 19 heavy (non-hydrogen) atoms. The Hall–Kier alpha value is -0.780. The second kappa shape index (κ2) is 6.11. The van der Waals surface area contributed by atoms with Crippen LogP contribution in [0.15, 0.2) is 48.5 Å². The van der Waals surface area contributed by atoms with Crippen molar-refractivity contribution in [2.45, 2.75) is 12.5 Å². The van der Waals surface area contributed by atoms with Crippen molar-refractivity contribution in [2.24, 2.45) is 0 Å². The molecule has 0 fully saturated rings. The van der Waals surface area contributed by atoms with Crippen molar-refractivity contribution in [3.05, 3.63) is 62.7 Å². The molecule has 2 N–H and O–H groups in total. The molecule has 2 nitrogen and oxygen atoms in total. The molecule has 0 aliphatic rings. The number of nitrogens with one attached hydrogen (secondary N) is 1. The average molecular weight is 388 g/mol. The first-order chi connectivity index (χ1) is 9.03. The third-order valence-electron chi connectivity index (χ3n) is 3.06. The van der Waals surface area contributed by atoms with Gasteiger partial charge in [-0.15, -0.1) is 0 Å². The minimum atomic E-state index is -0.516. The number of aliphatic hydroxyl groups is 1. The quantitative estimate of drug-likeness (QED) is 0.768. The molecule has 0 aliphatic carbocycles. The Bertz CT molecular complexity index is 541. The summed E-state index contributed by atoms with van der Waals surface area (Å²) in [4.78, 5) is 0. The zero-order chi connectivity index (χ0) is 13.9. The number of hydrogen-bond donors (Lipinski definition) is 2. The van der Waals surface area contributed by atoms with Crippen LogP contribution in [0.5, 0.6) is 0 Å². The minimum Gasteiger partial charge on any atom is -0.394 e. The molecule has 0 spiro atoms. The highest BCUT2D eigenvalue weighted by atomic mass is 127. The first-order valence-electron chi connectivity index (χ1n) is 5.94. The molecule has 0 aliphatic heterocycles. The molecule has 2 aromatic rings. The van der Waals surface area contributed by atoms with Crippen LogP contribution in [0.3, 0.4) is 0 Å². The smallest absolute Gasteiger partial charge is 0.0828 e. The Kier molecular flexibility index (Phi) is 4.71. The van der Waals surface area contributed by atoms with Crippen molar-refractivity contribution in [1.29, 1.82) is 0 Å². The lowest BCUT2D eigenvalue weighted by molar-refractivity contribution is 0.224. The van der Waals surface area contributed by atoms with Gasteiger partial charge < -0.3 is 10.4 Å². The lowest BCUT2D eigenvalue weighted by Crippen LogP contribution is -2.35. The van der Waals surface area contributed by atoms with E-state index in [1.54, 1.807) is 0 Å². The number of halogens is 2. The van der Waals surface area contributed by atoms with Crippen molar-refractivity contribution in [1.82, 2.24) is 0 Å². The number of benzene rings is 2. The fourth-order valence-electron chi connectivity index (χ4n) is 1.87. The van der Waals surface area contributed by atoms with E-state index in [4.69, 9.17) is 11.6 Å². The Labute approximate surface area is 131 Å². The maximum Gasteiger partial charge on any atom is 0.0828 e. The molecule has 0 amide bonds. The van der Waals surface area contributed by atoms with Gasteiger partial charge in [-0.2, -0.15) is 0 Å². The maximum atomic E-state index is 9.73. The third-order valence-corrected chi connectivity index (χ3v) is 4.03. The second-order valence-corrected chi connectivity index (χ2v) is 6.31. The van der Waals surface area contributed by atoms with E-state index in [1.165, 1.54) is 3.57 Å². The van der Waals surface area contributed by atoms with E-state index in [9.17, 15) is 5.11 Å². The molecule has 0 heterocycles. The summed E-state index contributed by atoms with van der Waals surface area (Å²) in [6.07, 6.45) is 0. The van der Waals surface area contributed by atoms with E-state index in [0.29, 0.717) is 5.02 Å². The Balaban J connectivity index is 2.27. The van der Waals surface area contributed by atoms with E-state index in [1.807, 2.05) is 55.5 Å². The van der Waals surface area contributed by atoms with Crippen LogP contribution < -0.4 is 5.32 Å². The van der Waals surface area contributed by atoms with Gasteiger partial charge in [-0.3, -0.25) is 0 Å². The Morgan fingerprint density at radius 3 is 2.21 bits per heavy atom. The largest absolute Gasteiger partial charge is 0.394 e. The molecule has 0 saturated heterocycles. The van der Waals surface area contributed by atoms with Gasteiger partial charge in [0.05, 0.1) is 12.1 Å². The maximum absolute atomic E-state index is 9.73. The van der Waals surface area contributed by atoms with Crippen LogP contribution in [0.2, 0.25) is 5.02 Å². The monoisotopic (exact) mass is 387 g/mol. The van der Waals surface area contributed by atoms with E-state index < -0.39 is 5.54 Å². The van der Waals surface area contributed by atoms with Gasteiger partial charge in [0, 0.05) is 14.3 Å². The van der Waals surface area contributed by atoms with E-state index in [0.717, 1.165) is 11.3 Å². The van der Waals surface area contributed by atoms with Crippen molar-refractivity contribution in [3.63, 3.8) is 0 Å². The number of rotatable bonds is 4. The third kappa shape index (κ3) is 3.61. The molecule has 1 unspecified atom stereocenters. The van der Waals surface area contributed by atoms with Crippen LogP contribution >= 0.6 is 34.2 Å². The molecule has 0 saturated carbocycles. The molecule has 0 aromatic heterocycles. The molecule has 100 valence electrons. The molecular formula is C15H15ClINO. The van der Waals surface area contributed by atoms with Gasteiger partial charge in [0.15, 0.2) is 0 Å². The van der Waals surface area contributed by atoms with Crippen molar-refractivity contribution < 1.29 is 5.11 Å². The van der Waals surface area contributed by atoms with Crippen LogP contribution in [0.4, 0.5) is 5.69 Å². The van der Waals surface area contributed by atoms with Crippen LogP contribution in [-0.4, -0.2) is 11.7 Å². The molecule has 2 rings (SSSR count). The van der Waals surface area contributed by atoms with Crippen LogP contribution in [0.1, 0.15) is 12.5 Å². The van der Waals surface area contributed by atoms with E-state index in [-0.39, 0.29) is 6.61 Å². The summed E-state index contributed by atoms with van der Waals surface area (Å²) in [5.41, 5.74) is 1.46. The number of hydrogen-bond acceptors (Lipinski definition) is 2. The highest BCUT2D eigenvalue weighted by molar-refractivity contribution is 14.1. The predicted octanol–water partition coefficient (Wildman–Crippen LogP) is 4.26. The molecule has 2 aromatic carbocycles. The van der Waals surface area contributed by atoms with E-state index in [2.05, 4.69) is 27.9 Å². The zero-order valence-electron chi connectivity index (χ0n) is 10.5. The lowest BCUT2D eigenvalue weighted by atomic mass is 9.92. The summed E-state index contributed by atoms with van der Waals surface area (Å²) in [6.45, 7) is 1.99. The van der Waals surface area contributed by atoms with Gasteiger partial charge >= 0.3 is 0 Å².